The van der Waals surface area contributed by atoms with Crippen LogP contribution in [0.25, 0.3) is 0 Å². The minimum atomic E-state index is 0. The largest absolute Gasteiger partial charge is 0 e. The Morgan fingerprint density at radius 1 is 1.00 bits per heavy atom. The first-order chi connectivity index (χ1) is 0. The quantitative estimate of drug-likeness (QED) is 0.531. The van der Waals surface area contributed by atoms with Crippen LogP contribution in [-0.4, -0.2) is 8.41 Å². The number of hydrogen-bond donors (Lipinski definition) is 0. The molecular formula is AuBCuNi. The second kappa shape index (κ2) is 21.2. The Kier molecular flexibility index (Phi) is 217. The summed E-state index contributed by atoms with van der Waals surface area (Å²) < 4.78 is 0. The summed E-state index contributed by atoms with van der Waals surface area (Å²) in [7, 11) is 0. The topological polar surface area (TPSA) is 0 Å². The minimum absolute atomic E-state index is 0. The summed E-state index contributed by atoms with van der Waals surface area (Å²) >= 11 is 0. The van der Waals surface area contributed by atoms with E-state index in [0.29, 0.717) is 0 Å². The molecular weight excluding hydrogens is 330 g/mol. The van der Waals surface area contributed by atoms with Crippen LogP contribution in [0.15, 0.2) is 0 Å². The van der Waals surface area contributed by atoms with E-state index in [2.05, 4.69) is 0 Å². The van der Waals surface area contributed by atoms with Crippen LogP contribution in [0.1, 0.15) is 0 Å². The van der Waals surface area contributed by atoms with E-state index < -0.39 is 0 Å². The molecule has 0 atom stereocenters. The summed E-state index contributed by atoms with van der Waals surface area (Å²) in [5.74, 6) is 0. The smallest absolute Gasteiger partial charge is 0 e. The summed E-state index contributed by atoms with van der Waals surface area (Å²) in [6.07, 6.45) is 0. The zero-order valence-corrected chi connectivity index (χ0v) is 5.59. The minimum Gasteiger partial charge on any atom is 0 e. The van der Waals surface area contributed by atoms with Crippen LogP contribution in [0.3, 0.4) is 0 Å². The van der Waals surface area contributed by atoms with E-state index in [0.717, 1.165) is 0 Å². The molecule has 0 saturated carbocycles. The van der Waals surface area contributed by atoms with Crippen molar-refractivity contribution in [3.63, 3.8) is 0 Å². The monoisotopic (exact) mass is 329 g/mol. The molecule has 0 aliphatic carbocycles. The second-order valence-electron chi connectivity index (χ2n) is 0. The molecule has 0 heterocycles. The van der Waals surface area contributed by atoms with Crippen molar-refractivity contribution in [1.29, 1.82) is 0 Å². The van der Waals surface area contributed by atoms with Gasteiger partial charge in [0.25, 0.3) is 0 Å². The van der Waals surface area contributed by atoms with Crippen LogP contribution < -0.4 is 0 Å². The molecule has 0 aromatic heterocycles. The maximum atomic E-state index is 0. The number of hydrogen-bond acceptors (Lipinski definition) is 0. The first-order valence-electron chi connectivity index (χ1n) is 0. The first kappa shape index (κ1) is 40.9. The van der Waals surface area contributed by atoms with Crippen molar-refractivity contribution < 1.29 is 55.9 Å². The first-order valence-corrected chi connectivity index (χ1v) is 0. The van der Waals surface area contributed by atoms with Crippen molar-refractivity contribution >= 4 is 8.41 Å². The van der Waals surface area contributed by atoms with Gasteiger partial charge in [0.05, 0.1) is 0 Å². The molecule has 0 aliphatic heterocycles. The molecule has 0 N–H and O–H groups in total. The Hall–Kier alpha value is 1.82. The molecule has 5 radical (unpaired) electrons. The summed E-state index contributed by atoms with van der Waals surface area (Å²) in [6.45, 7) is 0. The molecule has 0 saturated heterocycles. The van der Waals surface area contributed by atoms with E-state index in [1.807, 2.05) is 0 Å². The summed E-state index contributed by atoms with van der Waals surface area (Å²) in [5.41, 5.74) is 0. The average molecular weight is 330 g/mol. The van der Waals surface area contributed by atoms with Gasteiger partial charge in [-0.1, -0.05) is 0 Å². The average Bonchev–Trinajstić information content (AvgIpc) is 0. The third-order valence-corrected chi connectivity index (χ3v) is 0. The molecule has 0 aromatic carbocycles. The van der Waals surface area contributed by atoms with Gasteiger partial charge in [0, 0.05) is 64.4 Å². The van der Waals surface area contributed by atoms with Crippen molar-refractivity contribution in [2.75, 3.05) is 0 Å². The van der Waals surface area contributed by atoms with Crippen molar-refractivity contribution in [2.24, 2.45) is 0 Å². The molecule has 4 heavy (non-hydrogen) atoms. The fraction of sp³-hybridized carbons (Fsp3) is 0. The van der Waals surface area contributed by atoms with Gasteiger partial charge < -0.3 is 0 Å². The predicted octanol–water partition coefficient (Wildman–Crippen LogP) is -0.388. The molecule has 0 aliphatic rings. The molecule has 0 spiro atoms. The molecule has 0 amide bonds. The molecule has 4 heteroatoms. The van der Waals surface area contributed by atoms with E-state index >= 15 is 0 Å². The molecule has 0 bridgehead atoms. The molecule has 0 unspecified atom stereocenters. The zero-order valence-electron chi connectivity index (χ0n) is 1.50. The fourth-order valence-corrected chi connectivity index (χ4v) is 0. The van der Waals surface area contributed by atoms with E-state index in [1.165, 1.54) is 0 Å². The molecule has 0 nitrogen and oxygen atoms in total. The van der Waals surface area contributed by atoms with Gasteiger partial charge in [-0.25, -0.2) is 0 Å². The van der Waals surface area contributed by atoms with E-state index in [1.54, 1.807) is 0 Å². The van der Waals surface area contributed by atoms with E-state index in [4.69, 9.17) is 0 Å². The van der Waals surface area contributed by atoms with Gasteiger partial charge in [-0.2, -0.15) is 0 Å². The molecule has 0 rings (SSSR count). The SMILES string of the molecule is [Au].[B].[Cu].[Ni]. The van der Waals surface area contributed by atoms with Gasteiger partial charge in [0.1, 0.15) is 0 Å². The van der Waals surface area contributed by atoms with Crippen LogP contribution in [0.4, 0.5) is 0 Å². The molecule has 35 valence electrons. The van der Waals surface area contributed by atoms with Gasteiger partial charge in [-0.3, -0.25) is 0 Å². The van der Waals surface area contributed by atoms with Gasteiger partial charge in [0.15, 0.2) is 0 Å². The normalized spacial score (nSPS) is 0. The Balaban J connectivity index is 0. The van der Waals surface area contributed by atoms with Crippen molar-refractivity contribution in [3.05, 3.63) is 0 Å². The Bertz CT molecular complexity index is 8.00. The van der Waals surface area contributed by atoms with E-state index in [9.17, 15) is 0 Å². The third-order valence-electron chi connectivity index (χ3n) is 0. The number of rotatable bonds is 0. The zero-order chi connectivity index (χ0) is 0. The van der Waals surface area contributed by atoms with Crippen molar-refractivity contribution in [2.45, 2.75) is 0 Å². The molecule has 0 aromatic rings. The summed E-state index contributed by atoms with van der Waals surface area (Å²) in [4.78, 5) is 0. The Morgan fingerprint density at radius 2 is 1.00 bits per heavy atom. The second-order valence-corrected chi connectivity index (χ2v) is 0. The van der Waals surface area contributed by atoms with Crippen LogP contribution >= 0.6 is 0 Å². The third kappa shape index (κ3) is 9.17. The van der Waals surface area contributed by atoms with Crippen LogP contribution in [0.2, 0.25) is 0 Å². The van der Waals surface area contributed by atoms with Gasteiger partial charge in [0.2, 0.25) is 0 Å². The van der Waals surface area contributed by atoms with Gasteiger partial charge >= 0.3 is 0 Å². The van der Waals surface area contributed by atoms with Gasteiger partial charge in [-0.15, -0.1) is 0 Å². The van der Waals surface area contributed by atoms with Crippen LogP contribution in [-0.2, 0) is 55.9 Å². The fourth-order valence-electron chi connectivity index (χ4n) is 0. The predicted molar refractivity (Wildman–Crippen MR) is 5.75 cm³/mol. The van der Waals surface area contributed by atoms with Crippen molar-refractivity contribution in [3.8, 4) is 0 Å². The maximum absolute atomic E-state index is 0. The standard InChI is InChI=1S/Au.B.Cu.Ni. The van der Waals surface area contributed by atoms with Crippen LogP contribution in [0.5, 0.6) is 0 Å². The Labute approximate surface area is 64.0 Å². The maximum Gasteiger partial charge on any atom is 0 e. The van der Waals surface area contributed by atoms with Crippen LogP contribution in [0, 0.1) is 0 Å². The van der Waals surface area contributed by atoms with E-state index in [-0.39, 0.29) is 64.4 Å². The summed E-state index contributed by atoms with van der Waals surface area (Å²) in [5, 5.41) is 0. The molecule has 0 fully saturated rings. The van der Waals surface area contributed by atoms with Gasteiger partial charge in [-0.05, 0) is 0 Å². The van der Waals surface area contributed by atoms with Crippen molar-refractivity contribution in [1.82, 2.24) is 0 Å². The summed E-state index contributed by atoms with van der Waals surface area (Å²) in [6, 6.07) is 0. The Morgan fingerprint density at radius 3 is 1.00 bits per heavy atom.